The molecule has 5 heteroatoms. The van der Waals surface area contributed by atoms with Crippen LogP contribution in [0.25, 0.3) is 0 Å². The van der Waals surface area contributed by atoms with E-state index in [-0.39, 0.29) is 0 Å². The van der Waals surface area contributed by atoms with Gasteiger partial charge in [0, 0.05) is 58.0 Å². The number of fused-ring (bicyclic) bond motifs is 1. The number of imidazole rings is 1. The molecular formula is C17H30N4O. The summed E-state index contributed by atoms with van der Waals surface area (Å²) in [5.74, 6) is 1.99. The van der Waals surface area contributed by atoms with Gasteiger partial charge in [-0.2, -0.15) is 0 Å². The second-order valence-corrected chi connectivity index (χ2v) is 7.11. The lowest BCUT2D eigenvalue weighted by Crippen LogP contribution is -2.32. The Bertz CT molecular complexity index is 479. The smallest absolute Gasteiger partial charge is 0.110 e. The van der Waals surface area contributed by atoms with E-state index in [0.717, 1.165) is 51.7 Å². The molecule has 2 aliphatic heterocycles. The van der Waals surface area contributed by atoms with Crippen LogP contribution in [0.5, 0.6) is 0 Å². The summed E-state index contributed by atoms with van der Waals surface area (Å²) in [7, 11) is 2.19. The van der Waals surface area contributed by atoms with E-state index in [4.69, 9.17) is 4.74 Å². The first-order chi connectivity index (χ1) is 10.6. The molecule has 1 atom stereocenters. The van der Waals surface area contributed by atoms with E-state index < -0.39 is 0 Å². The zero-order chi connectivity index (χ0) is 15.5. The van der Waals surface area contributed by atoms with E-state index in [1.165, 1.54) is 24.5 Å². The standard InChI is InChI=1S/C17H30N4O/c1-14(2)19(3)12-16-10-18-17-4-6-20(7-8-21(16)17)11-15-5-9-22-13-15/h10,14-15H,4-9,11-13H2,1-3H3/t15-/m1/s1. The minimum atomic E-state index is 0.566. The Morgan fingerprint density at radius 1 is 1.36 bits per heavy atom. The number of hydrogen-bond acceptors (Lipinski definition) is 4. The zero-order valence-electron chi connectivity index (χ0n) is 14.3. The molecule has 3 heterocycles. The number of hydrogen-bond donors (Lipinski definition) is 0. The average Bonchev–Trinajstić information content (AvgIpc) is 3.07. The molecule has 1 fully saturated rings. The molecule has 2 aliphatic rings. The number of nitrogens with zero attached hydrogens (tertiary/aromatic N) is 4. The van der Waals surface area contributed by atoms with Crippen LogP contribution >= 0.6 is 0 Å². The highest BCUT2D eigenvalue weighted by molar-refractivity contribution is 5.07. The van der Waals surface area contributed by atoms with E-state index in [0.29, 0.717) is 6.04 Å². The van der Waals surface area contributed by atoms with E-state index in [9.17, 15) is 0 Å². The molecule has 124 valence electrons. The second-order valence-electron chi connectivity index (χ2n) is 7.11. The molecule has 1 aromatic rings. The first kappa shape index (κ1) is 16.0. The van der Waals surface area contributed by atoms with Gasteiger partial charge >= 0.3 is 0 Å². The van der Waals surface area contributed by atoms with E-state index >= 15 is 0 Å². The molecule has 0 aromatic carbocycles. The molecule has 1 saturated heterocycles. The number of ether oxygens (including phenoxy) is 1. The van der Waals surface area contributed by atoms with Crippen molar-refractivity contribution in [3.8, 4) is 0 Å². The van der Waals surface area contributed by atoms with Gasteiger partial charge in [-0.1, -0.05) is 0 Å². The molecular weight excluding hydrogens is 276 g/mol. The maximum Gasteiger partial charge on any atom is 0.110 e. The van der Waals surface area contributed by atoms with Gasteiger partial charge in [0.25, 0.3) is 0 Å². The summed E-state index contributed by atoms with van der Waals surface area (Å²) in [6.07, 6.45) is 4.37. The quantitative estimate of drug-likeness (QED) is 0.828. The molecule has 0 spiro atoms. The molecule has 0 bridgehead atoms. The topological polar surface area (TPSA) is 33.5 Å². The first-order valence-electron chi connectivity index (χ1n) is 8.67. The Hall–Kier alpha value is -0.910. The Labute approximate surface area is 134 Å². The van der Waals surface area contributed by atoms with Gasteiger partial charge in [0.2, 0.25) is 0 Å². The summed E-state index contributed by atoms with van der Waals surface area (Å²) < 4.78 is 7.96. The van der Waals surface area contributed by atoms with Gasteiger partial charge in [0.05, 0.1) is 12.3 Å². The van der Waals surface area contributed by atoms with E-state index in [1.807, 2.05) is 0 Å². The Balaban J connectivity index is 1.60. The first-order valence-corrected chi connectivity index (χ1v) is 8.67. The number of aromatic nitrogens is 2. The lowest BCUT2D eigenvalue weighted by Gasteiger charge is -2.23. The average molecular weight is 306 g/mol. The van der Waals surface area contributed by atoms with Crippen LogP contribution in [0.3, 0.4) is 0 Å². The van der Waals surface area contributed by atoms with Crippen LogP contribution in [0.15, 0.2) is 6.20 Å². The molecule has 1 aromatic heterocycles. The molecule has 0 saturated carbocycles. The largest absolute Gasteiger partial charge is 0.381 e. The summed E-state index contributed by atoms with van der Waals surface area (Å²) >= 11 is 0. The van der Waals surface area contributed by atoms with Crippen molar-refractivity contribution in [1.29, 1.82) is 0 Å². The maximum atomic E-state index is 5.51. The molecule has 5 nitrogen and oxygen atoms in total. The summed E-state index contributed by atoms with van der Waals surface area (Å²) in [5.41, 5.74) is 1.36. The van der Waals surface area contributed by atoms with Crippen molar-refractivity contribution in [2.75, 3.05) is 39.9 Å². The van der Waals surface area contributed by atoms with Gasteiger partial charge in [-0.05, 0) is 33.2 Å². The lowest BCUT2D eigenvalue weighted by molar-refractivity contribution is 0.167. The van der Waals surface area contributed by atoms with Crippen LogP contribution in [0.4, 0.5) is 0 Å². The summed E-state index contributed by atoms with van der Waals surface area (Å²) in [5, 5.41) is 0. The van der Waals surface area contributed by atoms with E-state index in [2.05, 4.69) is 46.4 Å². The van der Waals surface area contributed by atoms with Gasteiger partial charge in [-0.15, -0.1) is 0 Å². The van der Waals surface area contributed by atoms with Gasteiger partial charge < -0.3 is 14.2 Å². The SMILES string of the molecule is CC(C)N(C)Cc1cnc2n1CCN(C[C@H]1CCOC1)CC2. The summed E-state index contributed by atoms with van der Waals surface area (Å²) in [6, 6.07) is 0.566. The zero-order valence-corrected chi connectivity index (χ0v) is 14.3. The lowest BCUT2D eigenvalue weighted by atomic mass is 10.1. The van der Waals surface area contributed by atoms with Crippen molar-refractivity contribution in [1.82, 2.24) is 19.4 Å². The van der Waals surface area contributed by atoms with Crippen molar-refractivity contribution >= 4 is 0 Å². The molecule has 0 radical (unpaired) electrons. The van der Waals surface area contributed by atoms with Crippen molar-refractivity contribution < 1.29 is 4.74 Å². The van der Waals surface area contributed by atoms with Crippen LogP contribution in [0, 0.1) is 5.92 Å². The van der Waals surface area contributed by atoms with Crippen LogP contribution in [0.2, 0.25) is 0 Å². The minimum absolute atomic E-state index is 0.566. The van der Waals surface area contributed by atoms with Crippen molar-refractivity contribution in [3.05, 3.63) is 17.7 Å². The fourth-order valence-corrected chi connectivity index (χ4v) is 3.38. The normalized spacial score (nSPS) is 23.2. The fourth-order valence-electron chi connectivity index (χ4n) is 3.38. The van der Waals surface area contributed by atoms with Gasteiger partial charge in [-0.3, -0.25) is 4.90 Å². The predicted molar refractivity (Wildman–Crippen MR) is 87.9 cm³/mol. The third kappa shape index (κ3) is 3.70. The molecule has 22 heavy (non-hydrogen) atoms. The monoisotopic (exact) mass is 306 g/mol. The van der Waals surface area contributed by atoms with Crippen LogP contribution in [0.1, 0.15) is 31.8 Å². The third-order valence-corrected chi connectivity index (χ3v) is 5.15. The van der Waals surface area contributed by atoms with Gasteiger partial charge in [-0.25, -0.2) is 4.98 Å². The Kier molecular flexibility index (Phi) is 5.16. The molecule has 0 N–H and O–H groups in total. The molecule has 0 unspecified atom stereocenters. The summed E-state index contributed by atoms with van der Waals surface area (Å²) in [6.45, 7) is 11.9. The summed E-state index contributed by atoms with van der Waals surface area (Å²) in [4.78, 5) is 9.66. The highest BCUT2D eigenvalue weighted by Crippen LogP contribution is 2.18. The van der Waals surface area contributed by atoms with Crippen molar-refractivity contribution in [2.24, 2.45) is 5.92 Å². The Morgan fingerprint density at radius 3 is 2.95 bits per heavy atom. The number of rotatable bonds is 5. The van der Waals surface area contributed by atoms with Crippen LogP contribution in [-0.4, -0.2) is 65.3 Å². The predicted octanol–water partition coefficient (Wildman–Crippen LogP) is 1.62. The highest BCUT2D eigenvalue weighted by Gasteiger charge is 2.22. The highest BCUT2D eigenvalue weighted by atomic mass is 16.5. The van der Waals surface area contributed by atoms with Gasteiger partial charge in [0.1, 0.15) is 5.82 Å². The second kappa shape index (κ2) is 7.11. The Morgan fingerprint density at radius 2 is 2.23 bits per heavy atom. The van der Waals surface area contributed by atoms with Crippen LogP contribution < -0.4 is 0 Å². The third-order valence-electron chi connectivity index (χ3n) is 5.15. The van der Waals surface area contributed by atoms with Crippen LogP contribution in [-0.2, 0) is 24.2 Å². The fraction of sp³-hybridized carbons (Fsp3) is 0.824. The molecule has 0 aliphatic carbocycles. The van der Waals surface area contributed by atoms with Crippen molar-refractivity contribution in [2.45, 2.75) is 45.8 Å². The maximum absolute atomic E-state index is 5.51. The van der Waals surface area contributed by atoms with E-state index in [1.54, 1.807) is 0 Å². The van der Waals surface area contributed by atoms with Gasteiger partial charge in [0.15, 0.2) is 0 Å². The minimum Gasteiger partial charge on any atom is -0.381 e. The van der Waals surface area contributed by atoms with Crippen molar-refractivity contribution in [3.63, 3.8) is 0 Å². The molecule has 0 amide bonds. The molecule has 3 rings (SSSR count).